The first-order chi connectivity index (χ1) is 10.4. The van der Waals surface area contributed by atoms with Gasteiger partial charge in [0, 0.05) is 25.3 Å². The highest BCUT2D eigenvalue weighted by molar-refractivity contribution is 5.96. The maximum Gasteiger partial charge on any atom is 0.275 e. The van der Waals surface area contributed by atoms with Crippen molar-refractivity contribution in [1.82, 2.24) is 20.0 Å². The lowest BCUT2D eigenvalue weighted by molar-refractivity contribution is -0.125. The minimum atomic E-state index is -0.404. The standard InChI is InChI=1S/C16H26N4O2/c1-11(2)10-14-15(21)17-7-5-8-19(14)16(22)13-6-9-20(18-13)12(3)4/h6,9,11-12,14H,5,7-8,10H2,1-4H3,(H,17,21)/t14-/m1/s1. The van der Waals surface area contributed by atoms with E-state index in [-0.39, 0.29) is 17.9 Å². The maximum absolute atomic E-state index is 12.8. The zero-order valence-electron chi connectivity index (χ0n) is 13.9. The Bertz CT molecular complexity index is 536. The van der Waals surface area contributed by atoms with Gasteiger partial charge in [0.05, 0.1) is 0 Å². The van der Waals surface area contributed by atoms with Crippen LogP contribution in [0.3, 0.4) is 0 Å². The number of aromatic nitrogens is 2. The summed E-state index contributed by atoms with van der Waals surface area (Å²) in [5.41, 5.74) is 0.414. The predicted molar refractivity (Wildman–Crippen MR) is 84.5 cm³/mol. The summed E-state index contributed by atoms with van der Waals surface area (Å²) in [4.78, 5) is 26.8. The Morgan fingerprint density at radius 2 is 2.14 bits per heavy atom. The number of amides is 2. The molecule has 0 aromatic carbocycles. The van der Waals surface area contributed by atoms with E-state index in [1.165, 1.54) is 0 Å². The first kappa shape index (κ1) is 16.5. The normalized spacial score (nSPS) is 19.5. The van der Waals surface area contributed by atoms with Crippen molar-refractivity contribution in [2.24, 2.45) is 5.92 Å². The lowest BCUT2D eigenvalue weighted by Gasteiger charge is -2.29. The Balaban J connectivity index is 2.24. The topological polar surface area (TPSA) is 67.2 Å². The highest BCUT2D eigenvalue weighted by atomic mass is 16.2. The average molecular weight is 306 g/mol. The van der Waals surface area contributed by atoms with E-state index in [0.29, 0.717) is 31.1 Å². The zero-order valence-corrected chi connectivity index (χ0v) is 13.9. The molecule has 0 spiro atoms. The Hall–Kier alpha value is -1.85. The van der Waals surface area contributed by atoms with E-state index >= 15 is 0 Å². The molecule has 0 radical (unpaired) electrons. The summed E-state index contributed by atoms with van der Waals surface area (Å²) >= 11 is 0. The van der Waals surface area contributed by atoms with E-state index in [4.69, 9.17) is 0 Å². The predicted octanol–water partition coefficient (Wildman–Crippen LogP) is 1.84. The number of nitrogens with zero attached hydrogens (tertiary/aromatic N) is 3. The van der Waals surface area contributed by atoms with Crippen LogP contribution in [0.25, 0.3) is 0 Å². The van der Waals surface area contributed by atoms with Gasteiger partial charge in [-0.2, -0.15) is 5.10 Å². The van der Waals surface area contributed by atoms with Gasteiger partial charge in [0.2, 0.25) is 5.91 Å². The molecule has 1 N–H and O–H groups in total. The number of rotatable bonds is 4. The summed E-state index contributed by atoms with van der Waals surface area (Å²) in [6, 6.07) is 1.54. The smallest absolute Gasteiger partial charge is 0.275 e. The van der Waals surface area contributed by atoms with Crippen LogP contribution < -0.4 is 5.32 Å². The van der Waals surface area contributed by atoms with Crippen molar-refractivity contribution < 1.29 is 9.59 Å². The molecule has 2 amide bonds. The fourth-order valence-corrected chi connectivity index (χ4v) is 2.69. The monoisotopic (exact) mass is 306 g/mol. The molecule has 22 heavy (non-hydrogen) atoms. The van der Waals surface area contributed by atoms with Gasteiger partial charge in [-0.05, 0) is 38.7 Å². The van der Waals surface area contributed by atoms with Crippen molar-refractivity contribution in [2.45, 2.75) is 52.6 Å². The molecule has 1 aromatic rings. The first-order valence-corrected chi connectivity index (χ1v) is 8.04. The Morgan fingerprint density at radius 1 is 1.41 bits per heavy atom. The van der Waals surface area contributed by atoms with Gasteiger partial charge in [0.1, 0.15) is 11.7 Å². The second kappa shape index (κ2) is 6.94. The van der Waals surface area contributed by atoms with Crippen LogP contribution in [0.1, 0.15) is 57.1 Å². The Morgan fingerprint density at radius 3 is 2.73 bits per heavy atom. The third kappa shape index (κ3) is 3.67. The summed E-state index contributed by atoms with van der Waals surface area (Å²) in [7, 11) is 0. The summed E-state index contributed by atoms with van der Waals surface area (Å²) < 4.78 is 1.77. The highest BCUT2D eigenvalue weighted by Gasteiger charge is 2.33. The molecule has 0 bridgehead atoms. The second-order valence-corrected chi connectivity index (χ2v) is 6.56. The van der Waals surface area contributed by atoms with Crippen molar-refractivity contribution in [2.75, 3.05) is 13.1 Å². The van der Waals surface area contributed by atoms with E-state index in [9.17, 15) is 9.59 Å². The third-order valence-corrected chi connectivity index (χ3v) is 3.87. The molecular weight excluding hydrogens is 280 g/mol. The van der Waals surface area contributed by atoms with Gasteiger partial charge in [-0.1, -0.05) is 13.8 Å². The minimum absolute atomic E-state index is 0.0529. The minimum Gasteiger partial charge on any atom is -0.354 e. The van der Waals surface area contributed by atoms with Crippen LogP contribution in [-0.4, -0.2) is 45.6 Å². The zero-order chi connectivity index (χ0) is 16.3. The second-order valence-electron chi connectivity index (χ2n) is 6.56. The summed E-state index contributed by atoms with van der Waals surface area (Å²) in [6.45, 7) is 9.37. The van der Waals surface area contributed by atoms with Gasteiger partial charge in [-0.15, -0.1) is 0 Å². The van der Waals surface area contributed by atoms with E-state index < -0.39 is 6.04 Å². The quantitative estimate of drug-likeness (QED) is 0.923. The largest absolute Gasteiger partial charge is 0.354 e. The lowest BCUT2D eigenvalue weighted by atomic mass is 10.0. The van der Waals surface area contributed by atoms with Crippen molar-refractivity contribution >= 4 is 11.8 Å². The van der Waals surface area contributed by atoms with Crippen LogP contribution in [0.5, 0.6) is 0 Å². The highest BCUT2D eigenvalue weighted by Crippen LogP contribution is 2.18. The van der Waals surface area contributed by atoms with Crippen LogP contribution >= 0.6 is 0 Å². The van der Waals surface area contributed by atoms with E-state index in [1.807, 2.05) is 20.0 Å². The summed E-state index contributed by atoms with van der Waals surface area (Å²) in [5.74, 6) is 0.141. The van der Waals surface area contributed by atoms with Crippen molar-refractivity contribution in [3.8, 4) is 0 Å². The molecule has 6 heteroatoms. The molecule has 1 fully saturated rings. The molecule has 0 aliphatic carbocycles. The molecular formula is C16H26N4O2. The van der Waals surface area contributed by atoms with Crippen LogP contribution in [0, 0.1) is 5.92 Å². The van der Waals surface area contributed by atoms with Crippen LogP contribution in [0.15, 0.2) is 12.3 Å². The Labute approximate surface area is 131 Å². The van der Waals surface area contributed by atoms with Gasteiger partial charge in [-0.25, -0.2) is 0 Å². The maximum atomic E-state index is 12.8. The van der Waals surface area contributed by atoms with Gasteiger partial charge in [0.15, 0.2) is 0 Å². The van der Waals surface area contributed by atoms with Crippen molar-refractivity contribution in [3.05, 3.63) is 18.0 Å². The summed E-state index contributed by atoms with van der Waals surface area (Å²) in [6.07, 6.45) is 3.26. The fourth-order valence-electron chi connectivity index (χ4n) is 2.69. The molecule has 1 saturated heterocycles. The van der Waals surface area contributed by atoms with Crippen LogP contribution in [0.2, 0.25) is 0 Å². The number of nitrogens with one attached hydrogen (secondary N) is 1. The summed E-state index contributed by atoms with van der Waals surface area (Å²) in [5, 5.41) is 7.25. The number of hydrogen-bond donors (Lipinski definition) is 1. The van der Waals surface area contributed by atoms with Gasteiger partial charge < -0.3 is 10.2 Å². The van der Waals surface area contributed by atoms with E-state index in [1.54, 1.807) is 15.6 Å². The van der Waals surface area contributed by atoms with Gasteiger partial charge in [-0.3, -0.25) is 14.3 Å². The molecule has 1 aromatic heterocycles. The molecule has 6 nitrogen and oxygen atoms in total. The molecule has 2 heterocycles. The van der Waals surface area contributed by atoms with Gasteiger partial charge >= 0.3 is 0 Å². The number of carbonyl (C=O) groups is 2. The van der Waals surface area contributed by atoms with Gasteiger partial charge in [0.25, 0.3) is 5.91 Å². The molecule has 2 rings (SSSR count). The van der Waals surface area contributed by atoms with E-state index in [0.717, 1.165) is 6.42 Å². The fraction of sp³-hybridized carbons (Fsp3) is 0.688. The average Bonchev–Trinajstić information content (AvgIpc) is 2.87. The molecule has 1 aliphatic heterocycles. The number of carbonyl (C=O) groups excluding carboxylic acids is 2. The van der Waals surface area contributed by atoms with Crippen molar-refractivity contribution in [3.63, 3.8) is 0 Å². The van der Waals surface area contributed by atoms with Crippen molar-refractivity contribution in [1.29, 1.82) is 0 Å². The lowest BCUT2D eigenvalue weighted by Crippen LogP contribution is -2.48. The SMILES string of the molecule is CC(C)C[C@@H]1C(=O)NCCCN1C(=O)c1ccn(C(C)C)n1. The molecule has 1 aliphatic rings. The Kier molecular flexibility index (Phi) is 5.21. The number of hydrogen-bond acceptors (Lipinski definition) is 3. The molecule has 1 atom stereocenters. The molecule has 122 valence electrons. The van der Waals surface area contributed by atoms with Crippen LogP contribution in [-0.2, 0) is 4.79 Å². The third-order valence-electron chi connectivity index (χ3n) is 3.87. The van der Waals surface area contributed by atoms with Crippen LogP contribution in [0.4, 0.5) is 0 Å². The van der Waals surface area contributed by atoms with E-state index in [2.05, 4.69) is 24.3 Å². The molecule has 0 saturated carbocycles. The molecule has 0 unspecified atom stereocenters. The first-order valence-electron chi connectivity index (χ1n) is 8.04.